The molecule has 0 aromatic carbocycles. The Bertz CT molecular complexity index is 313. The molecule has 0 radical (unpaired) electrons. The molecule has 96 valence electrons. The molecule has 0 aromatic rings. The maximum atomic E-state index is 11.5. The number of hydrogen-bond donors (Lipinski definition) is 2. The molecule has 0 aliphatic carbocycles. The van der Waals surface area contributed by atoms with Gasteiger partial charge in [-0.2, -0.15) is 5.26 Å². The van der Waals surface area contributed by atoms with Crippen molar-refractivity contribution in [2.24, 2.45) is 5.41 Å². The van der Waals surface area contributed by atoms with Gasteiger partial charge in [0.25, 0.3) is 0 Å². The number of carbonyl (C=O) groups is 2. The highest BCUT2D eigenvalue weighted by Gasteiger charge is 2.20. The summed E-state index contributed by atoms with van der Waals surface area (Å²) in [5.41, 5.74) is -0.449. The molecule has 0 heterocycles. The van der Waals surface area contributed by atoms with Gasteiger partial charge in [0.1, 0.15) is 6.04 Å². The summed E-state index contributed by atoms with van der Waals surface area (Å²) in [6, 6.07) is 1.54. The number of amides is 2. The van der Waals surface area contributed by atoms with Crippen LogP contribution >= 0.6 is 0 Å². The van der Waals surface area contributed by atoms with Gasteiger partial charge in [-0.25, -0.2) is 0 Å². The number of hydrogen-bond acceptors (Lipinski definition) is 3. The average Bonchev–Trinajstić information content (AvgIpc) is 2.24. The lowest BCUT2D eigenvalue weighted by Crippen LogP contribution is -2.39. The SMILES string of the molecule is CC[C@@H](C#N)NC(=O)CCNC(=O)C(C)(C)C. The Kier molecular flexibility index (Phi) is 6.26. The van der Waals surface area contributed by atoms with Crippen molar-refractivity contribution in [3.05, 3.63) is 0 Å². The molecule has 5 heteroatoms. The van der Waals surface area contributed by atoms with Gasteiger partial charge < -0.3 is 10.6 Å². The molecule has 0 fully saturated rings. The van der Waals surface area contributed by atoms with Crippen LogP contribution in [0.15, 0.2) is 0 Å². The summed E-state index contributed by atoms with van der Waals surface area (Å²) in [6.07, 6.45) is 0.774. The van der Waals surface area contributed by atoms with Gasteiger partial charge in [-0.3, -0.25) is 9.59 Å². The van der Waals surface area contributed by atoms with Crippen molar-refractivity contribution in [1.29, 1.82) is 5.26 Å². The maximum Gasteiger partial charge on any atom is 0.225 e. The van der Waals surface area contributed by atoms with Gasteiger partial charge in [-0.05, 0) is 6.42 Å². The zero-order chi connectivity index (χ0) is 13.5. The smallest absolute Gasteiger partial charge is 0.225 e. The highest BCUT2D eigenvalue weighted by atomic mass is 16.2. The molecule has 1 atom stereocenters. The number of nitriles is 1. The van der Waals surface area contributed by atoms with E-state index < -0.39 is 11.5 Å². The van der Waals surface area contributed by atoms with Gasteiger partial charge in [0.15, 0.2) is 0 Å². The molecule has 0 saturated heterocycles. The zero-order valence-corrected chi connectivity index (χ0v) is 11.0. The van der Waals surface area contributed by atoms with Gasteiger partial charge in [-0.1, -0.05) is 27.7 Å². The Balaban J connectivity index is 3.88. The number of nitrogens with one attached hydrogen (secondary N) is 2. The number of carbonyl (C=O) groups excluding carboxylic acids is 2. The van der Waals surface area contributed by atoms with Gasteiger partial charge >= 0.3 is 0 Å². The van der Waals surface area contributed by atoms with Crippen LogP contribution in [0.1, 0.15) is 40.5 Å². The second-order valence-corrected chi connectivity index (χ2v) is 4.91. The van der Waals surface area contributed by atoms with E-state index in [9.17, 15) is 9.59 Å². The average molecular weight is 239 g/mol. The molecule has 0 aromatic heterocycles. The Morgan fingerprint density at radius 3 is 2.35 bits per heavy atom. The van der Waals surface area contributed by atoms with Crippen molar-refractivity contribution in [3.63, 3.8) is 0 Å². The van der Waals surface area contributed by atoms with E-state index in [2.05, 4.69) is 10.6 Å². The van der Waals surface area contributed by atoms with Crippen molar-refractivity contribution in [2.75, 3.05) is 6.54 Å². The second kappa shape index (κ2) is 6.89. The Morgan fingerprint density at radius 1 is 1.35 bits per heavy atom. The quantitative estimate of drug-likeness (QED) is 0.749. The summed E-state index contributed by atoms with van der Waals surface area (Å²) in [5.74, 6) is -0.301. The largest absolute Gasteiger partial charge is 0.355 e. The third-order valence-electron chi connectivity index (χ3n) is 2.22. The van der Waals surface area contributed by atoms with Crippen LogP contribution < -0.4 is 10.6 Å². The normalized spacial score (nSPS) is 12.4. The number of rotatable bonds is 5. The molecule has 0 saturated carbocycles. The van der Waals surface area contributed by atoms with Gasteiger partial charge in [0.05, 0.1) is 6.07 Å². The van der Waals surface area contributed by atoms with Crippen molar-refractivity contribution in [2.45, 2.75) is 46.6 Å². The topological polar surface area (TPSA) is 82.0 Å². The highest BCUT2D eigenvalue weighted by Crippen LogP contribution is 2.11. The van der Waals surface area contributed by atoms with Crippen molar-refractivity contribution < 1.29 is 9.59 Å². The van der Waals surface area contributed by atoms with Crippen LogP contribution in [0.5, 0.6) is 0 Å². The van der Waals surface area contributed by atoms with Crippen LogP contribution in [-0.2, 0) is 9.59 Å². The van der Waals surface area contributed by atoms with Crippen molar-refractivity contribution in [1.82, 2.24) is 10.6 Å². The highest BCUT2D eigenvalue weighted by molar-refractivity contribution is 5.82. The molecular weight excluding hydrogens is 218 g/mol. The monoisotopic (exact) mass is 239 g/mol. The molecule has 5 nitrogen and oxygen atoms in total. The van der Waals surface area contributed by atoms with Gasteiger partial charge in [0.2, 0.25) is 11.8 Å². The first-order chi connectivity index (χ1) is 7.81. The zero-order valence-electron chi connectivity index (χ0n) is 11.0. The summed E-state index contributed by atoms with van der Waals surface area (Å²) in [7, 11) is 0. The molecule has 0 aliphatic heterocycles. The summed E-state index contributed by atoms with van der Waals surface area (Å²) >= 11 is 0. The minimum absolute atomic E-state index is 0.0855. The predicted molar refractivity (Wildman–Crippen MR) is 64.9 cm³/mol. The van der Waals surface area contributed by atoms with Crippen LogP contribution in [0.3, 0.4) is 0 Å². The Morgan fingerprint density at radius 2 is 1.94 bits per heavy atom. The lowest BCUT2D eigenvalue weighted by molar-refractivity contribution is -0.128. The van der Waals surface area contributed by atoms with Crippen LogP contribution in [0.25, 0.3) is 0 Å². The van der Waals surface area contributed by atoms with Gasteiger partial charge in [0, 0.05) is 18.4 Å². The van der Waals surface area contributed by atoms with Gasteiger partial charge in [-0.15, -0.1) is 0 Å². The fourth-order valence-corrected chi connectivity index (χ4v) is 1.05. The van der Waals surface area contributed by atoms with E-state index in [0.29, 0.717) is 13.0 Å². The summed E-state index contributed by atoms with van der Waals surface area (Å²) in [5, 5.41) is 13.9. The molecule has 2 N–H and O–H groups in total. The fourth-order valence-electron chi connectivity index (χ4n) is 1.05. The van der Waals surface area contributed by atoms with Crippen LogP contribution in [0, 0.1) is 16.7 Å². The lowest BCUT2D eigenvalue weighted by Gasteiger charge is -2.17. The van der Waals surface area contributed by atoms with E-state index in [1.807, 2.05) is 33.8 Å². The van der Waals surface area contributed by atoms with Crippen LogP contribution in [0.4, 0.5) is 0 Å². The van der Waals surface area contributed by atoms with Crippen LogP contribution in [0.2, 0.25) is 0 Å². The first-order valence-electron chi connectivity index (χ1n) is 5.78. The molecule has 0 aliphatic rings. The molecule has 0 rings (SSSR count). The standard InChI is InChI=1S/C12H21N3O2/c1-5-9(8-13)15-10(16)6-7-14-11(17)12(2,3)4/h9H,5-7H2,1-4H3,(H,14,17)(H,15,16)/t9-/m0/s1. The Hall–Kier alpha value is -1.57. The molecule has 0 unspecified atom stereocenters. The minimum Gasteiger partial charge on any atom is -0.355 e. The summed E-state index contributed by atoms with van der Waals surface area (Å²) in [6.45, 7) is 7.56. The van der Waals surface area contributed by atoms with Crippen LogP contribution in [-0.4, -0.2) is 24.4 Å². The molecule has 0 bridgehead atoms. The molecule has 0 spiro atoms. The third kappa shape index (κ3) is 6.56. The van der Waals surface area contributed by atoms with Crippen molar-refractivity contribution in [3.8, 4) is 6.07 Å². The number of nitrogens with zero attached hydrogens (tertiary/aromatic N) is 1. The lowest BCUT2D eigenvalue weighted by atomic mass is 9.96. The van der Waals surface area contributed by atoms with E-state index in [4.69, 9.17) is 5.26 Å². The summed E-state index contributed by atoms with van der Waals surface area (Å²) < 4.78 is 0. The third-order valence-corrected chi connectivity index (χ3v) is 2.22. The van der Waals surface area contributed by atoms with Crippen molar-refractivity contribution >= 4 is 11.8 Å². The van der Waals surface area contributed by atoms with E-state index in [1.54, 1.807) is 0 Å². The molecular formula is C12H21N3O2. The van der Waals surface area contributed by atoms with E-state index in [-0.39, 0.29) is 18.2 Å². The van der Waals surface area contributed by atoms with E-state index in [1.165, 1.54) is 0 Å². The summed E-state index contributed by atoms with van der Waals surface area (Å²) in [4.78, 5) is 22.9. The second-order valence-electron chi connectivity index (χ2n) is 4.91. The molecule has 2 amide bonds. The maximum absolute atomic E-state index is 11.5. The predicted octanol–water partition coefficient (Wildman–Crippen LogP) is 0.957. The first kappa shape index (κ1) is 15.4. The van der Waals surface area contributed by atoms with E-state index in [0.717, 1.165) is 0 Å². The first-order valence-corrected chi connectivity index (χ1v) is 5.78. The minimum atomic E-state index is -0.449. The fraction of sp³-hybridized carbons (Fsp3) is 0.750. The van der Waals surface area contributed by atoms with E-state index >= 15 is 0 Å². The Labute approximate surface area is 103 Å². The molecule has 17 heavy (non-hydrogen) atoms.